The van der Waals surface area contributed by atoms with Crippen molar-refractivity contribution in [2.75, 3.05) is 0 Å². The zero-order valence-electron chi connectivity index (χ0n) is 15.9. The van der Waals surface area contributed by atoms with Crippen molar-refractivity contribution in [2.45, 2.75) is 64.3 Å². The molecule has 0 aliphatic heterocycles. The van der Waals surface area contributed by atoms with Crippen LogP contribution in [0.15, 0.2) is 12.1 Å². The highest BCUT2D eigenvalue weighted by atomic mass is 28.1. The average molecular weight is 381 g/mol. The van der Waals surface area contributed by atoms with Crippen LogP contribution in [0.4, 0.5) is 8.78 Å². The molecule has 26 heavy (non-hydrogen) atoms. The molecule has 1 aromatic rings. The molecule has 0 radical (unpaired) electrons. The predicted molar refractivity (Wildman–Crippen MR) is 102 cm³/mol. The Morgan fingerprint density at radius 2 is 1.58 bits per heavy atom. The number of carbonyl (C=O) groups is 1. The summed E-state index contributed by atoms with van der Waals surface area (Å²) in [7, 11) is 1.31. The van der Waals surface area contributed by atoms with Gasteiger partial charge in [-0.3, -0.25) is 4.79 Å². The second-order valence-electron chi connectivity index (χ2n) is 8.23. The molecule has 144 valence electrons. The van der Waals surface area contributed by atoms with Crippen molar-refractivity contribution in [3.63, 3.8) is 0 Å². The van der Waals surface area contributed by atoms with Gasteiger partial charge in [0.05, 0.1) is 5.92 Å². The fourth-order valence-electron chi connectivity index (χ4n) is 4.79. The Morgan fingerprint density at radius 1 is 1.00 bits per heavy atom. The molecular weight excluding hydrogens is 350 g/mol. The SMILES string of the molecule is Cc1ccc(OC(=O)C2CCC(C3CCC(C[SiH3])CC3)CC2)c(F)c1F. The molecule has 2 saturated carbocycles. The first-order valence-corrected chi connectivity index (χ1v) is 11.6. The van der Waals surface area contributed by atoms with Gasteiger partial charge in [0.15, 0.2) is 11.6 Å². The highest BCUT2D eigenvalue weighted by Crippen LogP contribution is 2.42. The van der Waals surface area contributed by atoms with E-state index < -0.39 is 17.6 Å². The maximum absolute atomic E-state index is 13.9. The van der Waals surface area contributed by atoms with Crippen molar-refractivity contribution in [2.24, 2.45) is 23.7 Å². The number of halogens is 2. The van der Waals surface area contributed by atoms with Gasteiger partial charge >= 0.3 is 5.97 Å². The number of rotatable bonds is 4. The minimum absolute atomic E-state index is 0.187. The molecule has 0 amide bonds. The lowest BCUT2D eigenvalue weighted by molar-refractivity contribution is -0.140. The smallest absolute Gasteiger partial charge is 0.314 e. The van der Waals surface area contributed by atoms with E-state index in [1.165, 1.54) is 61.0 Å². The summed E-state index contributed by atoms with van der Waals surface area (Å²) in [6.45, 7) is 1.49. The van der Waals surface area contributed by atoms with Crippen LogP contribution in [-0.4, -0.2) is 16.2 Å². The number of aryl methyl sites for hydroxylation is 1. The zero-order valence-corrected chi connectivity index (χ0v) is 17.9. The lowest BCUT2D eigenvalue weighted by atomic mass is 9.69. The average Bonchev–Trinajstić information content (AvgIpc) is 2.68. The van der Waals surface area contributed by atoms with Crippen molar-refractivity contribution in [1.29, 1.82) is 0 Å². The Hall–Kier alpha value is -1.23. The number of hydrogen-bond donors (Lipinski definition) is 0. The lowest BCUT2D eigenvalue weighted by Gasteiger charge is -2.37. The van der Waals surface area contributed by atoms with Crippen molar-refractivity contribution in [3.05, 3.63) is 29.3 Å². The van der Waals surface area contributed by atoms with E-state index >= 15 is 0 Å². The fourth-order valence-corrected chi connectivity index (χ4v) is 5.61. The summed E-state index contributed by atoms with van der Waals surface area (Å²) in [6, 6.07) is 4.21. The Labute approximate surface area is 158 Å². The molecule has 1 aromatic carbocycles. The van der Waals surface area contributed by atoms with Gasteiger partial charge < -0.3 is 4.74 Å². The first-order chi connectivity index (χ1) is 12.5. The number of carbonyl (C=O) groups excluding carboxylic acids is 1. The largest absolute Gasteiger partial charge is 0.423 e. The molecule has 0 unspecified atom stereocenters. The van der Waals surface area contributed by atoms with Crippen LogP contribution in [0.3, 0.4) is 0 Å². The molecule has 0 N–H and O–H groups in total. The van der Waals surface area contributed by atoms with Gasteiger partial charge in [-0.05, 0) is 74.8 Å². The Kier molecular flexibility index (Phi) is 6.49. The zero-order chi connectivity index (χ0) is 18.7. The first-order valence-electron chi connectivity index (χ1n) is 10.2. The highest BCUT2D eigenvalue weighted by molar-refractivity contribution is 6.08. The van der Waals surface area contributed by atoms with E-state index in [-0.39, 0.29) is 17.2 Å². The van der Waals surface area contributed by atoms with Gasteiger partial charge in [-0.1, -0.05) is 25.0 Å². The number of esters is 1. The van der Waals surface area contributed by atoms with Gasteiger partial charge in [0.1, 0.15) is 0 Å². The standard InChI is InChI=1S/C21H30F2O2Si/c1-13-2-11-18(20(23)19(13)22)25-21(24)17-9-7-16(8-10-17)15-5-3-14(12-26)4-6-15/h2,11,14-17H,3-10,12H2,1,26H3. The van der Waals surface area contributed by atoms with Gasteiger partial charge in [-0.2, -0.15) is 4.39 Å². The summed E-state index contributed by atoms with van der Waals surface area (Å²) in [5.41, 5.74) is 0.211. The van der Waals surface area contributed by atoms with Crippen molar-refractivity contribution >= 4 is 16.2 Å². The monoisotopic (exact) mass is 380 g/mol. The van der Waals surface area contributed by atoms with E-state index in [9.17, 15) is 13.6 Å². The molecule has 5 heteroatoms. The maximum atomic E-state index is 13.9. The Bertz CT molecular complexity index is 633. The molecule has 2 fully saturated rings. The number of hydrogen-bond acceptors (Lipinski definition) is 2. The highest BCUT2D eigenvalue weighted by Gasteiger charge is 2.33. The van der Waals surface area contributed by atoms with Crippen LogP contribution in [-0.2, 0) is 4.79 Å². The van der Waals surface area contributed by atoms with Crippen LogP contribution in [0, 0.1) is 42.2 Å². The molecule has 3 rings (SSSR count). The summed E-state index contributed by atoms with van der Waals surface area (Å²) in [5.74, 6) is -0.385. The van der Waals surface area contributed by atoms with Crippen LogP contribution in [0.25, 0.3) is 0 Å². The molecule has 0 heterocycles. The summed E-state index contributed by atoms with van der Waals surface area (Å²) < 4.78 is 32.7. The summed E-state index contributed by atoms with van der Waals surface area (Å²) in [5, 5.41) is 0. The first kappa shape index (κ1) is 19.5. The van der Waals surface area contributed by atoms with Crippen LogP contribution in [0.5, 0.6) is 5.75 Å². The maximum Gasteiger partial charge on any atom is 0.314 e. The molecule has 0 saturated heterocycles. The van der Waals surface area contributed by atoms with Crippen LogP contribution >= 0.6 is 0 Å². The molecular formula is C21H30F2O2Si. The van der Waals surface area contributed by atoms with Crippen molar-refractivity contribution < 1.29 is 18.3 Å². The Morgan fingerprint density at radius 3 is 2.15 bits per heavy atom. The van der Waals surface area contributed by atoms with E-state index in [1.807, 2.05) is 0 Å². The van der Waals surface area contributed by atoms with E-state index in [1.54, 1.807) is 0 Å². The fraction of sp³-hybridized carbons (Fsp3) is 0.667. The molecule has 0 aromatic heterocycles. The molecule has 0 atom stereocenters. The summed E-state index contributed by atoms with van der Waals surface area (Å²) in [4.78, 5) is 12.4. The van der Waals surface area contributed by atoms with Crippen LogP contribution in [0.1, 0.15) is 56.9 Å². The molecule has 2 aliphatic carbocycles. The lowest BCUT2D eigenvalue weighted by Crippen LogP contribution is -2.30. The predicted octanol–water partition coefficient (Wildman–Crippen LogP) is 4.58. The van der Waals surface area contributed by atoms with Gasteiger partial charge in [-0.25, -0.2) is 4.39 Å². The second-order valence-corrected chi connectivity index (χ2v) is 9.05. The molecule has 2 nitrogen and oxygen atoms in total. The third-order valence-electron chi connectivity index (χ3n) is 6.69. The topological polar surface area (TPSA) is 26.3 Å². The minimum Gasteiger partial charge on any atom is -0.423 e. The van der Waals surface area contributed by atoms with E-state index in [4.69, 9.17) is 4.74 Å². The quantitative estimate of drug-likeness (QED) is 0.434. The van der Waals surface area contributed by atoms with E-state index in [0.717, 1.165) is 43.4 Å². The minimum atomic E-state index is -1.07. The van der Waals surface area contributed by atoms with Gasteiger partial charge in [0.2, 0.25) is 5.82 Å². The molecule has 0 spiro atoms. The molecule has 2 aliphatic rings. The normalized spacial score (nSPS) is 29.5. The molecule has 0 bridgehead atoms. The summed E-state index contributed by atoms with van der Waals surface area (Å²) >= 11 is 0. The Balaban J connectivity index is 1.50. The second kappa shape index (κ2) is 8.64. The van der Waals surface area contributed by atoms with Crippen LogP contribution < -0.4 is 4.74 Å². The third-order valence-corrected chi connectivity index (χ3v) is 7.85. The van der Waals surface area contributed by atoms with Crippen molar-refractivity contribution in [1.82, 2.24) is 0 Å². The third kappa shape index (κ3) is 4.36. The van der Waals surface area contributed by atoms with Gasteiger partial charge in [0, 0.05) is 10.2 Å². The van der Waals surface area contributed by atoms with Crippen molar-refractivity contribution in [3.8, 4) is 5.75 Å². The number of benzene rings is 1. The number of ether oxygens (including phenoxy) is 1. The van der Waals surface area contributed by atoms with Crippen LogP contribution in [0.2, 0.25) is 6.04 Å². The summed E-state index contributed by atoms with van der Waals surface area (Å²) in [6.07, 6.45) is 9.19. The van der Waals surface area contributed by atoms with E-state index in [0.29, 0.717) is 0 Å². The van der Waals surface area contributed by atoms with Gasteiger partial charge in [0.25, 0.3) is 0 Å². The van der Waals surface area contributed by atoms with Gasteiger partial charge in [-0.15, -0.1) is 0 Å². The van der Waals surface area contributed by atoms with E-state index in [2.05, 4.69) is 0 Å².